The molecule has 4 heteroatoms. The van der Waals surface area contributed by atoms with Crippen molar-refractivity contribution in [3.8, 4) is 0 Å². The van der Waals surface area contributed by atoms with Crippen molar-refractivity contribution in [3.63, 3.8) is 0 Å². The largest absolute Gasteiger partial charge is 0.464 e. The molecule has 0 aliphatic heterocycles. The van der Waals surface area contributed by atoms with Gasteiger partial charge in [-0.25, -0.2) is 0 Å². The van der Waals surface area contributed by atoms with E-state index in [0.717, 1.165) is 42.9 Å². The van der Waals surface area contributed by atoms with Crippen LogP contribution in [0.1, 0.15) is 55.9 Å². The lowest BCUT2D eigenvalue weighted by atomic mass is 9.85. The summed E-state index contributed by atoms with van der Waals surface area (Å²) in [6.45, 7) is 14.5. The van der Waals surface area contributed by atoms with E-state index in [2.05, 4.69) is 86.0 Å². The highest BCUT2D eigenvalue weighted by molar-refractivity contribution is 5.78. The van der Waals surface area contributed by atoms with E-state index < -0.39 is 0 Å². The fourth-order valence-electron chi connectivity index (χ4n) is 4.94. The summed E-state index contributed by atoms with van der Waals surface area (Å²) in [5.74, 6) is -0.215. The quantitative estimate of drug-likeness (QED) is 0.266. The van der Waals surface area contributed by atoms with Crippen molar-refractivity contribution >= 4 is 22.3 Å². The predicted octanol–water partition coefficient (Wildman–Crippen LogP) is 6.97. The maximum absolute atomic E-state index is 13.7. The lowest BCUT2D eigenvalue weighted by Gasteiger charge is -2.24. The Morgan fingerprint density at radius 1 is 0.714 bits per heavy atom. The Morgan fingerprint density at radius 2 is 1.20 bits per heavy atom. The van der Waals surface area contributed by atoms with Crippen molar-refractivity contribution in [3.05, 3.63) is 105 Å². The van der Waals surface area contributed by atoms with Gasteiger partial charge in [0.2, 0.25) is 0 Å². The lowest BCUT2D eigenvalue weighted by Crippen LogP contribution is -2.22. The summed E-state index contributed by atoms with van der Waals surface area (Å²) in [6.07, 6.45) is 1.65. The highest BCUT2D eigenvalue weighted by Gasteiger charge is 2.22. The van der Waals surface area contributed by atoms with Crippen LogP contribution in [0.5, 0.6) is 0 Å². The highest BCUT2D eigenvalue weighted by atomic mass is 16.3. The minimum Gasteiger partial charge on any atom is -0.464 e. The van der Waals surface area contributed by atoms with Crippen molar-refractivity contribution in [1.29, 1.82) is 0 Å². The maximum atomic E-state index is 13.7. The highest BCUT2D eigenvalue weighted by Crippen LogP contribution is 2.33. The van der Waals surface area contributed by atoms with Gasteiger partial charge < -0.3 is 14.2 Å². The standard InChI is InChI=1S/C31H36N2O2/c1-6-32(7-2)25-15-11-23(12-16-25)30(24-13-17-26(18-14-24)33(8-3)9-4)28-21-35-29-19-10-22(5)20-27(29)31(28)34/h10-21,30H,6-9H2,1-5H3. The smallest absolute Gasteiger partial charge is 0.196 e. The van der Waals surface area contributed by atoms with Gasteiger partial charge in [-0.2, -0.15) is 0 Å². The van der Waals surface area contributed by atoms with Gasteiger partial charge in [-0.3, -0.25) is 4.79 Å². The molecule has 0 saturated heterocycles. The van der Waals surface area contributed by atoms with Gasteiger partial charge in [0.25, 0.3) is 0 Å². The predicted molar refractivity (Wildman–Crippen MR) is 148 cm³/mol. The number of aryl methyl sites for hydroxylation is 1. The summed E-state index contributed by atoms with van der Waals surface area (Å²) in [6, 6.07) is 23.0. The Balaban J connectivity index is 1.86. The first-order valence-corrected chi connectivity index (χ1v) is 12.7. The van der Waals surface area contributed by atoms with Gasteiger partial charge in [0.15, 0.2) is 5.43 Å². The third-order valence-corrected chi connectivity index (χ3v) is 6.98. The molecule has 0 spiro atoms. The van der Waals surface area contributed by atoms with E-state index in [-0.39, 0.29) is 11.3 Å². The first kappa shape index (κ1) is 24.6. The number of benzene rings is 3. The Hall–Kier alpha value is -3.53. The van der Waals surface area contributed by atoms with Crippen molar-refractivity contribution < 1.29 is 4.42 Å². The molecule has 0 bridgehead atoms. The maximum Gasteiger partial charge on any atom is 0.196 e. The first-order chi connectivity index (χ1) is 17.0. The zero-order valence-corrected chi connectivity index (χ0v) is 21.5. The molecule has 0 aliphatic carbocycles. The van der Waals surface area contributed by atoms with E-state index in [4.69, 9.17) is 4.42 Å². The molecule has 0 atom stereocenters. The van der Waals surface area contributed by atoms with Crippen molar-refractivity contribution in [2.24, 2.45) is 0 Å². The minimum absolute atomic E-state index is 0.0283. The monoisotopic (exact) mass is 468 g/mol. The summed E-state index contributed by atoms with van der Waals surface area (Å²) in [5, 5.41) is 0.632. The third-order valence-electron chi connectivity index (χ3n) is 6.98. The van der Waals surface area contributed by atoms with Crippen LogP contribution in [0.4, 0.5) is 11.4 Å². The van der Waals surface area contributed by atoms with E-state index in [9.17, 15) is 4.79 Å². The van der Waals surface area contributed by atoms with Gasteiger partial charge in [0, 0.05) is 49.0 Å². The van der Waals surface area contributed by atoms with Crippen LogP contribution in [0.2, 0.25) is 0 Å². The molecular weight excluding hydrogens is 432 g/mol. The lowest BCUT2D eigenvalue weighted by molar-refractivity contribution is 0.590. The fraction of sp³-hybridized carbons (Fsp3) is 0.323. The van der Waals surface area contributed by atoms with Gasteiger partial charge in [0.05, 0.1) is 11.6 Å². The van der Waals surface area contributed by atoms with Crippen LogP contribution in [0.3, 0.4) is 0 Å². The Kier molecular flexibility index (Phi) is 7.60. The zero-order valence-electron chi connectivity index (χ0n) is 21.5. The van der Waals surface area contributed by atoms with E-state index >= 15 is 0 Å². The third kappa shape index (κ3) is 4.97. The summed E-state index contributed by atoms with van der Waals surface area (Å²) in [7, 11) is 0. The molecular formula is C31H36N2O2. The van der Waals surface area contributed by atoms with Crippen molar-refractivity contribution in [1.82, 2.24) is 0 Å². The average molecular weight is 469 g/mol. The van der Waals surface area contributed by atoms with Gasteiger partial charge in [-0.05, 0) is 82.1 Å². The molecule has 0 unspecified atom stereocenters. The molecule has 3 aromatic carbocycles. The second-order valence-corrected chi connectivity index (χ2v) is 8.98. The molecule has 0 amide bonds. The summed E-state index contributed by atoms with van der Waals surface area (Å²) >= 11 is 0. The summed E-state index contributed by atoms with van der Waals surface area (Å²) < 4.78 is 5.98. The summed E-state index contributed by atoms with van der Waals surface area (Å²) in [4.78, 5) is 18.4. The molecule has 182 valence electrons. The Morgan fingerprint density at radius 3 is 1.66 bits per heavy atom. The van der Waals surface area contributed by atoms with E-state index in [1.54, 1.807) is 6.26 Å². The first-order valence-electron chi connectivity index (χ1n) is 12.7. The van der Waals surface area contributed by atoms with Crippen LogP contribution in [0.15, 0.2) is 82.2 Å². The second-order valence-electron chi connectivity index (χ2n) is 8.98. The average Bonchev–Trinajstić information content (AvgIpc) is 2.89. The van der Waals surface area contributed by atoms with Gasteiger partial charge in [-0.1, -0.05) is 35.9 Å². The SMILES string of the molecule is CCN(CC)c1ccc(C(c2ccc(N(CC)CC)cc2)c2coc3ccc(C)cc3c2=O)cc1. The molecule has 35 heavy (non-hydrogen) atoms. The Labute approximate surface area is 208 Å². The second kappa shape index (κ2) is 10.8. The van der Waals surface area contributed by atoms with Crippen LogP contribution in [0, 0.1) is 6.92 Å². The molecule has 4 rings (SSSR count). The van der Waals surface area contributed by atoms with Crippen molar-refractivity contribution in [2.75, 3.05) is 36.0 Å². The molecule has 0 saturated carbocycles. The molecule has 1 aromatic heterocycles. The topological polar surface area (TPSA) is 36.7 Å². The van der Waals surface area contributed by atoms with Crippen LogP contribution in [-0.2, 0) is 0 Å². The molecule has 1 heterocycles. The normalized spacial score (nSPS) is 11.3. The molecule has 0 fully saturated rings. The number of hydrogen-bond donors (Lipinski definition) is 0. The van der Waals surface area contributed by atoms with E-state index in [1.165, 1.54) is 11.4 Å². The van der Waals surface area contributed by atoms with Crippen LogP contribution in [-0.4, -0.2) is 26.2 Å². The van der Waals surface area contributed by atoms with E-state index in [0.29, 0.717) is 16.5 Å². The van der Waals surface area contributed by atoms with Crippen LogP contribution >= 0.6 is 0 Å². The molecule has 0 radical (unpaired) electrons. The molecule has 4 nitrogen and oxygen atoms in total. The van der Waals surface area contributed by atoms with Gasteiger partial charge in [0.1, 0.15) is 5.58 Å². The number of hydrogen-bond acceptors (Lipinski definition) is 4. The molecule has 0 aliphatic rings. The van der Waals surface area contributed by atoms with Gasteiger partial charge >= 0.3 is 0 Å². The van der Waals surface area contributed by atoms with Crippen molar-refractivity contribution in [2.45, 2.75) is 40.5 Å². The van der Waals surface area contributed by atoms with Crippen LogP contribution in [0.25, 0.3) is 11.0 Å². The summed E-state index contributed by atoms with van der Waals surface area (Å²) in [5.41, 5.74) is 6.90. The van der Waals surface area contributed by atoms with Gasteiger partial charge in [-0.15, -0.1) is 0 Å². The molecule has 0 N–H and O–H groups in total. The minimum atomic E-state index is -0.215. The number of anilines is 2. The fourth-order valence-corrected chi connectivity index (χ4v) is 4.94. The Bertz CT molecular complexity index is 1260. The number of nitrogens with zero attached hydrogens (tertiary/aromatic N) is 2. The van der Waals surface area contributed by atoms with E-state index in [1.807, 2.05) is 25.1 Å². The number of rotatable bonds is 9. The number of fused-ring (bicyclic) bond motifs is 1. The molecule has 4 aromatic rings. The van der Waals surface area contributed by atoms with Crippen LogP contribution < -0.4 is 15.2 Å². The zero-order chi connectivity index (χ0) is 24.9.